The number of amides is 1. The van der Waals surface area contributed by atoms with Crippen LogP contribution in [0.5, 0.6) is 0 Å². The van der Waals surface area contributed by atoms with Crippen LogP contribution in [0, 0.1) is 0 Å². The molecule has 1 amide bonds. The maximum absolute atomic E-state index is 12.9. The number of aromatic nitrogens is 2. The van der Waals surface area contributed by atoms with Gasteiger partial charge >= 0.3 is 0 Å². The maximum atomic E-state index is 12.9. The molecule has 0 saturated carbocycles. The van der Waals surface area contributed by atoms with Crippen LogP contribution >= 0.6 is 0 Å². The second-order valence-corrected chi connectivity index (χ2v) is 11.1. The molecule has 7 heteroatoms. The van der Waals surface area contributed by atoms with Gasteiger partial charge in [-0.1, -0.05) is 42.5 Å². The molecule has 0 radical (unpaired) electrons. The second kappa shape index (κ2) is 10.4. The quantitative estimate of drug-likeness (QED) is 0.351. The van der Waals surface area contributed by atoms with Crippen LogP contribution in [-0.4, -0.2) is 46.0 Å². The number of hydrogen-bond donors (Lipinski definition) is 2. The lowest BCUT2D eigenvalue weighted by molar-refractivity contribution is -0.116. The van der Waals surface area contributed by atoms with Crippen LogP contribution in [0.4, 0.5) is 11.4 Å². The molecule has 40 heavy (non-hydrogen) atoms. The van der Waals surface area contributed by atoms with Crippen molar-refractivity contribution in [2.45, 2.75) is 44.2 Å². The molecule has 1 aromatic heterocycles. The normalized spacial score (nSPS) is 20.6. The molecule has 3 aliphatic rings. The van der Waals surface area contributed by atoms with Crippen LogP contribution in [0.15, 0.2) is 77.6 Å². The number of piperidine rings is 1. The zero-order valence-electron chi connectivity index (χ0n) is 22.5. The Kier molecular flexibility index (Phi) is 6.44. The Hall–Kier alpha value is -4.23. The van der Waals surface area contributed by atoms with Gasteiger partial charge in [0.1, 0.15) is 5.82 Å². The van der Waals surface area contributed by atoms with Crippen molar-refractivity contribution >= 4 is 39.8 Å². The van der Waals surface area contributed by atoms with E-state index in [1.807, 2.05) is 48.5 Å². The molecule has 4 aromatic rings. The average molecular weight is 532 g/mol. The minimum absolute atomic E-state index is 0.0207. The summed E-state index contributed by atoms with van der Waals surface area (Å²) in [6.45, 7) is 3.70. The van der Waals surface area contributed by atoms with Crippen LogP contribution in [0.1, 0.15) is 48.6 Å². The Balaban J connectivity index is 0.921. The lowest BCUT2D eigenvalue weighted by Gasteiger charge is -2.35. The summed E-state index contributed by atoms with van der Waals surface area (Å²) >= 11 is 0. The lowest BCUT2D eigenvalue weighted by Crippen LogP contribution is -2.44. The average Bonchev–Trinajstić information content (AvgIpc) is 3.55. The highest BCUT2D eigenvalue weighted by atomic mass is 16.1. The fraction of sp³-hybridized carbons (Fsp3) is 0.303. The molecule has 3 aliphatic heterocycles. The molecule has 202 valence electrons. The van der Waals surface area contributed by atoms with E-state index in [-0.39, 0.29) is 11.5 Å². The number of benzene rings is 3. The highest BCUT2D eigenvalue weighted by Crippen LogP contribution is 2.40. The molecule has 1 saturated heterocycles. The van der Waals surface area contributed by atoms with Crippen LogP contribution in [0.3, 0.4) is 0 Å². The van der Waals surface area contributed by atoms with Gasteiger partial charge in [0.05, 0.1) is 10.9 Å². The summed E-state index contributed by atoms with van der Waals surface area (Å²) in [5.41, 5.74) is 6.38. The molecule has 3 aromatic carbocycles. The third-order valence-corrected chi connectivity index (χ3v) is 8.57. The van der Waals surface area contributed by atoms with E-state index in [1.54, 1.807) is 4.57 Å². The highest BCUT2D eigenvalue weighted by molar-refractivity contribution is 5.91. The fourth-order valence-electron chi connectivity index (χ4n) is 6.54. The topological polar surface area (TPSA) is 79.3 Å². The molecule has 7 nitrogen and oxygen atoms in total. The molecule has 2 N–H and O–H groups in total. The van der Waals surface area contributed by atoms with Crippen molar-refractivity contribution in [2.24, 2.45) is 0 Å². The summed E-state index contributed by atoms with van der Waals surface area (Å²) in [7, 11) is 0. The number of nitrogens with one attached hydrogen (secondary N) is 2. The largest absolute Gasteiger partial charge is 0.380 e. The summed E-state index contributed by atoms with van der Waals surface area (Å²) in [4.78, 5) is 32.8. The third kappa shape index (κ3) is 4.71. The maximum Gasteiger partial charge on any atom is 0.261 e. The lowest BCUT2D eigenvalue weighted by atomic mass is 9.88. The first-order valence-corrected chi connectivity index (χ1v) is 14.3. The number of likely N-dealkylation sites (tertiary alicyclic amines) is 1. The zero-order valence-corrected chi connectivity index (χ0v) is 22.5. The van der Waals surface area contributed by atoms with Crippen molar-refractivity contribution in [1.29, 1.82) is 0 Å². The Bertz CT molecular complexity index is 1670. The monoisotopic (exact) mass is 531 g/mol. The smallest absolute Gasteiger partial charge is 0.261 e. The van der Waals surface area contributed by atoms with Gasteiger partial charge in [-0.25, -0.2) is 4.98 Å². The molecule has 7 rings (SSSR count). The van der Waals surface area contributed by atoms with E-state index >= 15 is 0 Å². The van der Waals surface area contributed by atoms with Crippen molar-refractivity contribution in [3.8, 4) is 0 Å². The van der Waals surface area contributed by atoms with Gasteiger partial charge in [0.25, 0.3) is 5.56 Å². The van der Waals surface area contributed by atoms with Crippen molar-refractivity contribution in [1.82, 2.24) is 14.5 Å². The number of carbonyl (C=O) groups excluding carboxylic acids is 1. The molecule has 2 unspecified atom stereocenters. The Morgan fingerprint density at radius 2 is 1.85 bits per heavy atom. The number of para-hydroxylation sites is 2. The van der Waals surface area contributed by atoms with Gasteiger partial charge in [-0.3, -0.25) is 14.2 Å². The number of anilines is 2. The Morgan fingerprint density at radius 3 is 2.75 bits per heavy atom. The standard InChI is InChI=1S/C33H33N5O2/c39-31(10-5-17-37-18-16-26-25-6-1-3-8-28(25)35-30(26)21-37)34-24-13-11-22(12-14-24)20-23-15-19-38-32(23)36-29-9-4-2-7-27(29)33(38)40/h1-4,6-9,11-14,20,26,30,35H,5,10,15-19,21H2,(H,34,39)/b23-20+. The first-order valence-electron chi connectivity index (χ1n) is 14.3. The van der Waals surface area contributed by atoms with Crippen LogP contribution in [0.2, 0.25) is 0 Å². The predicted molar refractivity (Wildman–Crippen MR) is 160 cm³/mol. The summed E-state index contributed by atoms with van der Waals surface area (Å²) in [5.74, 6) is 1.41. The van der Waals surface area contributed by atoms with Gasteiger partial charge in [0.15, 0.2) is 0 Å². The molecule has 0 spiro atoms. The number of nitrogens with zero attached hydrogens (tertiary/aromatic N) is 3. The predicted octanol–water partition coefficient (Wildman–Crippen LogP) is 5.34. The number of hydrogen-bond acceptors (Lipinski definition) is 5. The number of rotatable bonds is 6. The number of carbonyl (C=O) groups is 1. The van der Waals surface area contributed by atoms with Crippen LogP contribution in [0.25, 0.3) is 22.6 Å². The minimum atomic E-state index is 0.0207. The molecule has 2 atom stereocenters. The van der Waals surface area contributed by atoms with Gasteiger partial charge in [0.2, 0.25) is 5.91 Å². The van der Waals surface area contributed by atoms with E-state index in [4.69, 9.17) is 4.98 Å². The van der Waals surface area contributed by atoms with Crippen molar-refractivity contribution < 1.29 is 4.79 Å². The molecule has 4 heterocycles. The van der Waals surface area contributed by atoms with Crippen molar-refractivity contribution in [3.05, 3.63) is 100 Å². The molecule has 0 bridgehead atoms. The van der Waals surface area contributed by atoms with Gasteiger partial charge in [0, 0.05) is 42.8 Å². The Labute approximate surface area is 233 Å². The van der Waals surface area contributed by atoms with Gasteiger partial charge in [-0.05, 0) is 85.5 Å². The van der Waals surface area contributed by atoms with E-state index in [0.29, 0.717) is 30.3 Å². The van der Waals surface area contributed by atoms with Gasteiger partial charge in [-0.15, -0.1) is 0 Å². The summed E-state index contributed by atoms with van der Waals surface area (Å²) < 4.78 is 1.77. The van der Waals surface area contributed by atoms with Crippen LogP contribution in [-0.2, 0) is 11.3 Å². The molecule has 1 fully saturated rings. The summed E-state index contributed by atoms with van der Waals surface area (Å²) in [6.07, 6.45) is 5.39. The summed E-state index contributed by atoms with van der Waals surface area (Å²) in [5, 5.41) is 7.40. The SMILES string of the molecule is O=C(CCCN1CCC2c3ccccc3NC2C1)Nc1ccc(/C=C2\CCn3c2nc2ccccc2c3=O)cc1. The first kappa shape index (κ1) is 24.8. The first-order chi connectivity index (χ1) is 19.6. The van der Waals surface area contributed by atoms with Crippen molar-refractivity contribution in [2.75, 3.05) is 30.3 Å². The molecular weight excluding hydrogens is 498 g/mol. The van der Waals surface area contributed by atoms with Gasteiger partial charge in [-0.2, -0.15) is 0 Å². The molecular formula is C33H33N5O2. The zero-order chi connectivity index (χ0) is 27.1. The Morgan fingerprint density at radius 1 is 1.02 bits per heavy atom. The highest BCUT2D eigenvalue weighted by Gasteiger charge is 2.36. The van der Waals surface area contributed by atoms with E-state index < -0.39 is 0 Å². The van der Waals surface area contributed by atoms with Gasteiger partial charge < -0.3 is 15.5 Å². The van der Waals surface area contributed by atoms with E-state index in [9.17, 15) is 9.59 Å². The second-order valence-electron chi connectivity index (χ2n) is 11.1. The fourth-order valence-corrected chi connectivity index (χ4v) is 6.54. The minimum Gasteiger partial charge on any atom is -0.380 e. The van der Waals surface area contributed by atoms with E-state index in [2.05, 4.69) is 45.9 Å². The summed E-state index contributed by atoms with van der Waals surface area (Å²) in [6, 6.07) is 24.5. The number of fused-ring (bicyclic) bond motifs is 5. The van der Waals surface area contributed by atoms with E-state index in [1.165, 1.54) is 17.7 Å². The number of allylic oxidation sites excluding steroid dienone is 1. The van der Waals surface area contributed by atoms with E-state index in [0.717, 1.165) is 60.6 Å². The van der Waals surface area contributed by atoms with Crippen LogP contribution < -0.4 is 16.2 Å². The third-order valence-electron chi connectivity index (χ3n) is 8.57. The molecule has 0 aliphatic carbocycles. The van der Waals surface area contributed by atoms with Crippen molar-refractivity contribution in [3.63, 3.8) is 0 Å².